The predicted octanol–water partition coefficient (Wildman–Crippen LogP) is 0.557. The Hall–Kier alpha value is -1.83. The number of nitrogens with one attached hydrogen (secondary N) is 3. The van der Waals surface area contributed by atoms with Crippen molar-refractivity contribution in [3.63, 3.8) is 0 Å². The monoisotopic (exact) mass is 310 g/mol. The van der Waals surface area contributed by atoms with E-state index in [2.05, 4.69) is 26.6 Å². The van der Waals surface area contributed by atoms with Gasteiger partial charge >= 0.3 is 5.69 Å². The molecule has 1 aliphatic rings. The van der Waals surface area contributed by atoms with E-state index in [-0.39, 0.29) is 16.7 Å². The van der Waals surface area contributed by atoms with Crippen molar-refractivity contribution in [3.05, 3.63) is 32.5 Å². The zero-order chi connectivity index (χ0) is 15.1. The molecule has 8 heteroatoms. The van der Waals surface area contributed by atoms with Crippen molar-refractivity contribution in [1.82, 2.24) is 20.5 Å². The quantitative estimate of drug-likeness (QED) is 0.525. The van der Waals surface area contributed by atoms with E-state index in [4.69, 9.17) is 0 Å². The number of rotatable bonds is 6. The van der Waals surface area contributed by atoms with E-state index in [1.54, 1.807) is 0 Å². The third-order valence-electron chi connectivity index (χ3n) is 3.17. The van der Waals surface area contributed by atoms with Crippen molar-refractivity contribution in [1.29, 1.82) is 0 Å². The lowest BCUT2D eigenvalue weighted by molar-refractivity contribution is -0.118. The Morgan fingerprint density at radius 2 is 2.24 bits per heavy atom. The summed E-state index contributed by atoms with van der Waals surface area (Å²) in [6.45, 7) is 0.612. The second-order valence-electron chi connectivity index (χ2n) is 4.81. The fourth-order valence-corrected chi connectivity index (χ4v) is 2.78. The molecule has 0 saturated carbocycles. The number of carbonyl (C=O) groups excluding carboxylic acids is 1. The van der Waals surface area contributed by atoms with Crippen LogP contribution in [-0.2, 0) is 4.79 Å². The van der Waals surface area contributed by atoms with Gasteiger partial charge in [0.2, 0.25) is 5.91 Å². The maximum Gasteiger partial charge on any atom is 0.342 e. The molecule has 0 spiro atoms. The molecule has 0 bridgehead atoms. The zero-order valence-corrected chi connectivity index (χ0v) is 12.4. The van der Waals surface area contributed by atoms with Crippen LogP contribution in [-0.4, -0.2) is 33.4 Å². The van der Waals surface area contributed by atoms with Crippen molar-refractivity contribution in [3.8, 4) is 0 Å². The van der Waals surface area contributed by atoms with Gasteiger partial charge < -0.3 is 5.32 Å². The highest BCUT2D eigenvalue weighted by Crippen LogP contribution is 2.19. The molecule has 21 heavy (non-hydrogen) atoms. The molecule has 0 unspecified atom stereocenters. The minimum absolute atomic E-state index is 0.0831. The van der Waals surface area contributed by atoms with E-state index in [0.717, 1.165) is 31.0 Å². The summed E-state index contributed by atoms with van der Waals surface area (Å²) in [5.41, 5.74) is 0.173. The third-order valence-corrected chi connectivity index (χ3v) is 4.13. The van der Waals surface area contributed by atoms with Gasteiger partial charge in [-0.3, -0.25) is 14.6 Å². The fraction of sp³-hybridized carbons (Fsp3) is 0.538. The molecule has 0 fully saturated rings. The minimum atomic E-state index is -0.658. The number of aromatic amines is 2. The van der Waals surface area contributed by atoms with E-state index in [1.165, 1.54) is 18.4 Å². The van der Waals surface area contributed by atoms with Gasteiger partial charge in [0.05, 0.1) is 5.75 Å². The lowest BCUT2D eigenvalue weighted by Gasteiger charge is -2.12. The van der Waals surface area contributed by atoms with Crippen molar-refractivity contribution in [2.75, 3.05) is 12.3 Å². The van der Waals surface area contributed by atoms with Crippen molar-refractivity contribution in [2.45, 2.75) is 37.1 Å². The van der Waals surface area contributed by atoms with Crippen LogP contribution in [0.15, 0.2) is 26.3 Å². The number of amides is 1. The summed E-state index contributed by atoms with van der Waals surface area (Å²) < 4.78 is 0. The summed E-state index contributed by atoms with van der Waals surface area (Å²) in [6, 6.07) is 0. The molecule has 1 aromatic heterocycles. The molecule has 0 aromatic carbocycles. The Labute approximate surface area is 125 Å². The minimum Gasteiger partial charge on any atom is -0.355 e. The lowest BCUT2D eigenvalue weighted by atomic mass is 9.97. The topological polar surface area (TPSA) is 108 Å². The highest BCUT2D eigenvalue weighted by molar-refractivity contribution is 7.99. The maximum atomic E-state index is 11.7. The zero-order valence-electron chi connectivity index (χ0n) is 11.6. The van der Waals surface area contributed by atoms with Crippen LogP contribution < -0.4 is 16.6 Å². The van der Waals surface area contributed by atoms with Crippen LogP contribution in [0.2, 0.25) is 0 Å². The first kappa shape index (κ1) is 15.6. The van der Waals surface area contributed by atoms with Crippen LogP contribution in [0.25, 0.3) is 0 Å². The second-order valence-corrected chi connectivity index (χ2v) is 5.77. The first-order chi connectivity index (χ1) is 10.1. The molecule has 3 N–H and O–H groups in total. The highest BCUT2D eigenvalue weighted by Gasteiger charge is 2.08. The van der Waals surface area contributed by atoms with Gasteiger partial charge in [-0.05, 0) is 32.1 Å². The Kier molecular flexibility index (Phi) is 5.79. The molecule has 0 aliphatic heterocycles. The van der Waals surface area contributed by atoms with Gasteiger partial charge in [0.1, 0.15) is 0 Å². The largest absolute Gasteiger partial charge is 0.355 e. The van der Waals surface area contributed by atoms with Crippen LogP contribution in [0.1, 0.15) is 32.1 Å². The van der Waals surface area contributed by atoms with Crippen LogP contribution in [0.3, 0.4) is 0 Å². The van der Waals surface area contributed by atoms with E-state index in [0.29, 0.717) is 6.54 Å². The van der Waals surface area contributed by atoms with Crippen LogP contribution in [0.4, 0.5) is 0 Å². The Bertz CT molecular complexity index is 635. The number of H-pyrrole nitrogens is 2. The molecule has 114 valence electrons. The van der Waals surface area contributed by atoms with Gasteiger partial charge in [-0.15, -0.1) is 0 Å². The van der Waals surface area contributed by atoms with Crippen molar-refractivity contribution in [2.24, 2.45) is 0 Å². The van der Waals surface area contributed by atoms with Crippen molar-refractivity contribution >= 4 is 17.7 Å². The van der Waals surface area contributed by atoms with Gasteiger partial charge in [-0.25, -0.2) is 9.89 Å². The molecule has 0 atom stereocenters. The lowest BCUT2D eigenvalue weighted by Crippen LogP contribution is -2.28. The SMILES string of the molecule is O=C(CSc1n[nH]c(=O)[nH]c1=O)NCCC1=CCCCC1. The van der Waals surface area contributed by atoms with Crippen LogP contribution in [0, 0.1) is 0 Å². The highest BCUT2D eigenvalue weighted by atomic mass is 32.2. The van der Waals surface area contributed by atoms with Crippen molar-refractivity contribution < 1.29 is 4.79 Å². The number of thioether (sulfide) groups is 1. The third kappa shape index (κ3) is 5.22. The summed E-state index contributed by atoms with van der Waals surface area (Å²) in [5.74, 6) is -0.0509. The molecular weight excluding hydrogens is 292 g/mol. The number of hydrogen-bond acceptors (Lipinski definition) is 5. The number of nitrogens with zero attached hydrogens (tertiary/aromatic N) is 1. The molecule has 1 aromatic rings. The van der Waals surface area contributed by atoms with Gasteiger partial charge in [0.25, 0.3) is 5.56 Å². The normalized spacial score (nSPS) is 14.6. The van der Waals surface area contributed by atoms with E-state index < -0.39 is 11.2 Å². The van der Waals surface area contributed by atoms with Crippen LogP contribution >= 0.6 is 11.8 Å². The smallest absolute Gasteiger partial charge is 0.342 e. The molecule has 7 nitrogen and oxygen atoms in total. The summed E-state index contributed by atoms with van der Waals surface area (Å²) in [5, 5.41) is 8.63. The first-order valence-corrected chi connectivity index (χ1v) is 7.90. The molecular formula is C13H18N4O3S. The van der Waals surface area contributed by atoms with E-state index >= 15 is 0 Å². The number of hydrogen-bond donors (Lipinski definition) is 3. The predicted molar refractivity (Wildman–Crippen MR) is 80.4 cm³/mol. The fourth-order valence-electron chi connectivity index (χ4n) is 2.11. The standard InChI is InChI=1S/C13H18N4O3S/c18-10(14-7-6-9-4-2-1-3-5-9)8-21-12-11(19)15-13(20)17-16-12/h4H,1-3,5-8H2,(H,14,18)(H2,15,17,19,20). The molecule has 1 aliphatic carbocycles. The number of carbonyl (C=O) groups is 1. The van der Waals surface area contributed by atoms with Gasteiger partial charge in [-0.1, -0.05) is 23.4 Å². The summed E-state index contributed by atoms with van der Waals surface area (Å²) >= 11 is 0.998. The van der Waals surface area contributed by atoms with Crippen LogP contribution in [0.5, 0.6) is 0 Å². The molecule has 1 amide bonds. The summed E-state index contributed by atoms with van der Waals surface area (Å²) in [7, 11) is 0. The Morgan fingerprint density at radius 3 is 2.95 bits per heavy atom. The van der Waals surface area contributed by atoms with Gasteiger partial charge in [-0.2, -0.15) is 5.10 Å². The average molecular weight is 310 g/mol. The van der Waals surface area contributed by atoms with Gasteiger partial charge in [0, 0.05) is 6.54 Å². The van der Waals surface area contributed by atoms with Gasteiger partial charge in [0.15, 0.2) is 5.03 Å². The van der Waals surface area contributed by atoms with E-state index in [9.17, 15) is 14.4 Å². The first-order valence-electron chi connectivity index (χ1n) is 6.91. The Morgan fingerprint density at radius 1 is 1.38 bits per heavy atom. The summed E-state index contributed by atoms with van der Waals surface area (Å²) in [4.78, 5) is 35.9. The molecule has 2 rings (SSSR count). The average Bonchev–Trinajstić information content (AvgIpc) is 2.47. The second kappa shape index (κ2) is 7.82. The maximum absolute atomic E-state index is 11.7. The molecule has 1 heterocycles. The number of allylic oxidation sites excluding steroid dienone is 1. The molecule has 0 saturated heterocycles. The Balaban J connectivity index is 1.71. The van der Waals surface area contributed by atoms with E-state index in [1.807, 2.05) is 0 Å². The summed E-state index contributed by atoms with van der Waals surface area (Å²) in [6.07, 6.45) is 7.90. The number of aromatic nitrogens is 3. The molecule has 0 radical (unpaired) electrons.